The van der Waals surface area contributed by atoms with E-state index in [1.807, 2.05) is 64.0 Å². The van der Waals surface area contributed by atoms with Crippen LogP contribution in [-0.2, 0) is 11.2 Å². The molecule has 1 aromatic carbocycles. The minimum Gasteiger partial charge on any atom is -0.298 e. The Bertz CT molecular complexity index is 380. The number of ketones is 1. The van der Waals surface area contributed by atoms with E-state index in [-0.39, 0.29) is 5.78 Å². The summed E-state index contributed by atoms with van der Waals surface area (Å²) >= 11 is 0. The summed E-state index contributed by atoms with van der Waals surface area (Å²) in [4.78, 5) is 14.2. The van der Waals surface area contributed by atoms with E-state index in [1.54, 1.807) is 0 Å². The third kappa shape index (κ3) is 2.70. The Hall–Kier alpha value is -1.15. The van der Waals surface area contributed by atoms with Gasteiger partial charge in [-0.2, -0.15) is 0 Å². The molecule has 2 heteroatoms. The van der Waals surface area contributed by atoms with Gasteiger partial charge in [0.05, 0.1) is 5.54 Å². The Labute approximate surface area is 98.3 Å². The molecule has 0 N–H and O–H groups in total. The maximum atomic E-state index is 12.2. The number of rotatable bonds is 4. The molecule has 0 radical (unpaired) electrons. The van der Waals surface area contributed by atoms with Gasteiger partial charge in [-0.1, -0.05) is 24.3 Å². The van der Waals surface area contributed by atoms with Crippen molar-refractivity contribution in [2.24, 2.45) is 0 Å². The van der Waals surface area contributed by atoms with Crippen LogP contribution in [0.15, 0.2) is 24.3 Å². The van der Waals surface area contributed by atoms with E-state index in [4.69, 9.17) is 0 Å². The van der Waals surface area contributed by atoms with Crippen molar-refractivity contribution in [3.63, 3.8) is 0 Å². The van der Waals surface area contributed by atoms with Gasteiger partial charge < -0.3 is 0 Å². The molecule has 0 saturated carbocycles. The van der Waals surface area contributed by atoms with E-state index in [1.165, 1.54) is 5.56 Å². The van der Waals surface area contributed by atoms with E-state index < -0.39 is 5.54 Å². The number of aryl methyl sites for hydroxylation is 1. The number of carbonyl (C=O) groups is 1. The lowest BCUT2D eigenvalue weighted by atomic mass is 9.91. The van der Waals surface area contributed by atoms with Crippen molar-refractivity contribution in [2.75, 3.05) is 14.1 Å². The first kappa shape index (κ1) is 12.9. The van der Waals surface area contributed by atoms with Crippen LogP contribution in [0.1, 0.15) is 25.0 Å². The molecular formula is C14H21NO. The molecule has 0 saturated heterocycles. The topological polar surface area (TPSA) is 20.3 Å². The molecular weight excluding hydrogens is 198 g/mol. The summed E-state index contributed by atoms with van der Waals surface area (Å²) in [7, 11) is 3.88. The molecule has 0 aliphatic heterocycles. The predicted molar refractivity (Wildman–Crippen MR) is 67.7 cm³/mol. The van der Waals surface area contributed by atoms with Gasteiger partial charge in [-0.3, -0.25) is 9.69 Å². The molecule has 88 valence electrons. The lowest BCUT2D eigenvalue weighted by Gasteiger charge is -2.31. The summed E-state index contributed by atoms with van der Waals surface area (Å²) < 4.78 is 0. The molecule has 0 spiro atoms. The van der Waals surface area contributed by atoms with E-state index >= 15 is 0 Å². The molecule has 0 atom stereocenters. The van der Waals surface area contributed by atoms with E-state index in [0.29, 0.717) is 6.42 Å². The normalized spacial score (nSPS) is 11.9. The molecule has 1 aromatic rings. The second-order valence-electron chi connectivity index (χ2n) is 4.98. The number of hydrogen-bond donors (Lipinski definition) is 0. The summed E-state index contributed by atoms with van der Waals surface area (Å²) in [6.45, 7) is 5.98. The van der Waals surface area contributed by atoms with Gasteiger partial charge in [0.25, 0.3) is 0 Å². The van der Waals surface area contributed by atoms with Crippen LogP contribution in [-0.4, -0.2) is 30.3 Å². The summed E-state index contributed by atoms with van der Waals surface area (Å²) in [5.41, 5.74) is 1.91. The summed E-state index contributed by atoms with van der Waals surface area (Å²) in [6.07, 6.45) is 0.512. The third-order valence-corrected chi connectivity index (χ3v) is 3.41. The smallest absolute Gasteiger partial charge is 0.156 e. The predicted octanol–water partition coefficient (Wildman–Crippen LogP) is 2.45. The van der Waals surface area contributed by atoms with Crippen LogP contribution in [0.25, 0.3) is 0 Å². The van der Waals surface area contributed by atoms with Crippen molar-refractivity contribution < 1.29 is 4.79 Å². The molecule has 0 fully saturated rings. The van der Waals surface area contributed by atoms with Gasteiger partial charge in [-0.15, -0.1) is 0 Å². The summed E-state index contributed by atoms with van der Waals surface area (Å²) in [6, 6.07) is 8.06. The number of benzene rings is 1. The van der Waals surface area contributed by atoms with Crippen LogP contribution in [0, 0.1) is 6.92 Å². The number of nitrogens with zero attached hydrogens (tertiary/aromatic N) is 1. The van der Waals surface area contributed by atoms with Crippen molar-refractivity contribution in [1.82, 2.24) is 4.90 Å². The maximum Gasteiger partial charge on any atom is 0.156 e. The fourth-order valence-electron chi connectivity index (χ4n) is 1.45. The average Bonchev–Trinajstić information content (AvgIpc) is 2.21. The van der Waals surface area contributed by atoms with Crippen LogP contribution in [0.5, 0.6) is 0 Å². The third-order valence-electron chi connectivity index (χ3n) is 3.41. The second-order valence-corrected chi connectivity index (χ2v) is 4.98. The second kappa shape index (κ2) is 4.79. The van der Waals surface area contributed by atoms with Crippen LogP contribution in [0.3, 0.4) is 0 Å². The maximum absolute atomic E-state index is 12.2. The number of carbonyl (C=O) groups excluding carboxylic acids is 1. The summed E-state index contributed by atoms with van der Waals surface area (Å²) in [5.74, 6) is 0.256. The quantitative estimate of drug-likeness (QED) is 0.775. The molecule has 1 rings (SSSR count). The Morgan fingerprint density at radius 1 is 1.25 bits per heavy atom. The summed E-state index contributed by atoms with van der Waals surface area (Å²) in [5, 5.41) is 0. The number of likely N-dealkylation sites (N-methyl/N-ethyl adjacent to an activating group) is 1. The van der Waals surface area contributed by atoms with E-state index in [9.17, 15) is 4.79 Å². The van der Waals surface area contributed by atoms with Crippen molar-refractivity contribution in [2.45, 2.75) is 32.7 Å². The first-order valence-electron chi connectivity index (χ1n) is 5.61. The Morgan fingerprint density at radius 2 is 1.81 bits per heavy atom. The number of Topliss-reactive ketones (excluding diaryl/α,β-unsaturated/α-hetero) is 1. The Morgan fingerprint density at radius 3 is 2.31 bits per heavy atom. The highest BCUT2D eigenvalue weighted by Gasteiger charge is 2.29. The van der Waals surface area contributed by atoms with Crippen molar-refractivity contribution >= 4 is 5.78 Å². The van der Waals surface area contributed by atoms with Crippen LogP contribution < -0.4 is 0 Å². The van der Waals surface area contributed by atoms with Gasteiger partial charge in [0.2, 0.25) is 0 Å². The molecule has 16 heavy (non-hydrogen) atoms. The van der Waals surface area contributed by atoms with Gasteiger partial charge in [0, 0.05) is 6.42 Å². The Kier molecular flexibility index (Phi) is 3.87. The monoisotopic (exact) mass is 219 g/mol. The van der Waals surface area contributed by atoms with E-state index in [0.717, 1.165) is 5.56 Å². The van der Waals surface area contributed by atoms with Crippen molar-refractivity contribution in [3.05, 3.63) is 35.4 Å². The van der Waals surface area contributed by atoms with Crippen LogP contribution in [0.4, 0.5) is 0 Å². The van der Waals surface area contributed by atoms with E-state index in [2.05, 4.69) is 0 Å². The molecule has 0 aliphatic rings. The molecule has 0 unspecified atom stereocenters. The van der Waals surface area contributed by atoms with Crippen molar-refractivity contribution in [1.29, 1.82) is 0 Å². The first-order valence-corrected chi connectivity index (χ1v) is 5.61. The highest BCUT2D eigenvalue weighted by Crippen LogP contribution is 2.16. The van der Waals surface area contributed by atoms with Crippen LogP contribution in [0.2, 0.25) is 0 Å². The SMILES string of the molecule is Cc1ccccc1CC(=O)C(C)(C)N(C)C. The van der Waals surface area contributed by atoms with Gasteiger partial charge >= 0.3 is 0 Å². The molecule has 2 nitrogen and oxygen atoms in total. The zero-order valence-electron chi connectivity index (χ0n) is 10.9. The molecule has 0 amide bonds. The first-order chi connectivity index (χ1) is 7.35. The molecule has 0 heterocycles. The van der Waals surface area contributed by atoms with Crippen molar-refractivity contribution in [3.8, 4) is 0 Å². The Balaban J connectivity index is 2.84. The van der Waals surface area contributed by atoms with Gasteiger partial charge in [0.1, 0.15) is 0 Å². The largest absolute Gasteiger partial charge is 0.298 e. The molecule has 0 aliphatic carbocycles. The average molecular weight is 219 g/mol. The highest BCUT2D eigenvalue weighted by molar-refractivity contribution is 5.89. The fraction of sp³-hybridized carbons (Fsp3) is 0.500. The highest BCUT2D eigenvalue weighted by atomic mass is 16.1. The fourth-order valence-corrected chi connectivity index (χ4v) is 1.45. The lowest BCUT2D eigenvalue weighted by Crippen LogP contribution is -2.46. The van der Waals surface area contributed by atoms with Crippen LogP contribution >= 0.6 is 0 Å². The standard InChI is InChI=1S/C14H21NO/c1-11-8-6-7-9-12(11)10-13(16)14(2,3)15(4)5/h6-9H,10H2,1-5H3. The van der Waals surface area contributed by atoms with Gasteiger partial charge in [0.15, 0.2) is 5.78 Å². The minimum atomic E-state index is -0.401. The van der Waals surface area contributed by atoms with Gasteiger partial charge in [-0.25, -0.2) is 0 Å². The number of hydrogen-bond acceptors (Lipinski definition) is 2. The molecule has 0 bridgehead atoms. The minimum absolute atomic E-state index is 0.256. The van der Waals surface area contributed by atoms with Gasteiger partial charge in [-0.05, 0) is 46.0 Å². The zero-order chi connectivity index (χ0) is 12.3. The molecule has 0 aromatic heterocycles. The zero-order valence-corrected chi connectivity index (χ0v) is 10.9. The lowest BCUT2D eigenvalue weighted by molar-refractivity contribution is -0.127.